The van der Waals surface area contributed by atoms with E-state index < -0.39 is 10.0 Å². The van der Waals surface area contributed by atoms with E-state index in [-0.39, 0.29) is 5.91 Å². The molecule has 0 atom stereocenters. The van der Waals surface area contributed by atoms with Crippen LogP contribution in [0.25, 0.3) is 0 Å². The number of aryl methyl sites for hydroxylation is 2. The summed E-state index contributed by atoms with van der Waals surface area (Å²) in [6, 6.07) is 13.4. The van der Waals surface area contributed by atoms with Gasteiger partial charge in [0.05, 0.1) is 10.6 Å². The monoisotopic (exact) mass is 430 g/mol. The summed E-state index contributed by atoms with van der Waals surface area (Å²) < 4.78 is 27.3. The van der Waals surface area contributed by atoms with Gasteiger partial charge in [-0.2, -0.15) is 4.31 Å². The van der Waals surface area contributed by atoms with Gasteiger partial charge >= 0.3 is 0 Å². The Morgan fingerprint density at radius 2 is 1.72 bits per heavy atom. The zero-order chi connectivity index (χ0) is 20.4. The fourth-order valence-corrected chi connectivity index (χ4v) is 6.27. The Labute approximate surface area is 177 Å². The van der Waals surface area contributed by atoms with Crippen LogP contribution in [0.5, 0.6) is 0 Å². The summed E-state index contributed by atoms with van der Waals surface area (Å²) in [6.45, 7) is 3.92. The van der Waals surface area contributed by atoms with Crippen molar-refractivity contribution in [2.24, 2.45) is 0 Å². The van der Waals surface area contributed by atoms with Gasteiger partial charge in [0.2, 0.25) is 15.9 Å². The maximum atomic E-state index is 12.9. The molecule has 1 fully saturated rings. The summed E-state index contributed by atoms with van der Waals surface area (Å²) in [7, 11) is -3.43. The number of nitrogens with zero attached hydrogens (tertiary/aromatic N) is 2. The number of hydrogen-bond acceptors (Lipinski definition) is 4. The van der Waals surface area contributed by atoms with Crippen LogP contribution < -0.4 is 4.90 Å². The van der Waals surface area contributed by atoms with Gasteiger partial charge in [0.1, 0.15) is 0 Å². The summed E-state index contributed by atoms with van der Waals surface area (Å²) in [4.78, 5) is 16.1. The maximum Gasteiger partial charge on any atom is 0.243 e. The van der Waals surface area contributed by atoms with E-state index in [1.54, 1.807) is 16.4 Å². The highest BCUT2D eigenvalue weighted by molar-refractivity contribution is 8.00. The fraction of sp³-hybridized carbons (Fsp3) is 0.409. The Morgan fingerprint density at radius 3 is 2.45 bits per heavy atom. The van der Waals surface area contributed by atoms with Gasteiger partial charge in [0.25, 0.3) is 0 Å². The molecular formula is C22H26N2O3S2. The molecule has 2 aromatic carbocycles. The first-order chi connectivity index (χ1) is 13.9. The molecule has 0 bridgehead atoms. The van der Waals surface area contributed by atoms with Crippen molar-refractivity contribution >= 4 is 33.4 Å². The number of amides is 1. The smallest absolute Gasteiger partial charge is 0.243 e. The molecule has 4 rings (SSSR count). The molecule has 5 nitrogen and oxygen atoms in total. The molecule has 2 aliphatic heterocycles. The first-order valence-electron chi connectivity index (χ1n) is 10.1. The number of rotatable bonds is 5. The number of thioether (sulfide) groups is 1. The number of carbonyl (C=O) groups is 1. The number of carbonyl (C=O) groups excluding carboxylic acids is 1. The Kier molecular flexibility index (Phi) is 5.99. The van der Waals surface area contributed by atoms with Gasteiger partial charge in [-0.05, 0) is 68.5 Å². The van der Waals surface area contributed by atoms with Crippen molar-refractivity contribution in [2.75, 3.05) is 30.3 Å². The fourth-order valence-electron chi connectivity index (χ4n) is 3.93. The van der Waals surface area contributed by atoms with Gasteiger partial charge in [0.15, 0.2) is 0 Å². The summed E-state index contributed by atoms with van der Waals surface area (Å²) in [6.07, 6.45) is 3.49. The number of anilines is 1. The minimum atomic E-state index is -3.43. The minimum absolute atomic E-state index is 0.0617. The molecule has 0 radical (unpaired) electrons. The molecule has 1 saturated heterocycles. The average Bonchev–Trinajstić information content (AvgIpc) is 3.28. The molecule has 0 aromatic heterocycles. The number of sulfonamides is 1. The summed E-state index contributed by atoms with van der Waals surface area (Å²) >= 11 is 1.54. The van der Waals surface area contributed by atoms with Crippen molar-refractivity contribution in [1.82, 2.24) is 4.31 Å². The topological polar surface area (TPSA) is 57.7 Å². The van der Waals surface area contributed by atoms with Crippen molar-refractivity contribution in [3.63, 3.8) is 0 Å². The molecule has 2 heterocycles. The lowest BCUT2D eigenvalue weighted by Gasteiger charge is -2.30. The molecular weight excluding hydrogens is 404 g/mol. The molecule has 0 aliphatic carbocycles. The van der Waals surface area contributed by atoms with E-state index in [4.69, 9.17) is 0 Å². The van der Waals surface area contributed by atoms with Crippen LogP contribution in [0.3, 0.4) is 0 Å². The normalized spacial score (nSPS) is 17.3. The first kappa shape index (κ1) is 20.4. The van der Waals surface area contributed by atoms with Gasteiger partial charge in [-0.15, -0.1) is 11.8 Å². The van der Waals surface area contributed by atoms with Crippen molar-refractivity contribution in [3.05, 3.63) is 53.6 Å². The molecule has 29 heavy (non-hydrogen) atoms. The molecule has 2 aliphatic rings. The molecule has 2 aromatic rings. The highest BCUT2D eigenvalue weighted by Gasteiger charge is 2.29. The highest BCUT2D eigenvalue weighted by atomic mass is 32.2. The van der Waals surface area contributed by atoms with E-state index in [9.17, 15) is 13.2 Å². The lowest BCUT2D eigenvalue weighted by Crippen LogP contribution is -2.37. The van der Waals surface area contributed by atoms with Gasteiger partial charge in [-0.25, -0.2) is 8.42 Å². The maximum absolute atomic E-state index is 12.9. The second-order valence-corrected chi connectivity index (χ2v) is 10.6. The molecule has 0 unspecified atom stereocenters. The van der Waals surface area contributed by atoms with Gasteiger partial charge in [-0.3, -0.25) is 4.79 Å². The molecule has 0 N–H and O–H groups in total. The molecule has 0 saturated carbocycles. The quantitative estimate of drug-likeness (QED) is 0.676. The van der Waals surface area contributed by atoms with Gasteiger partial charge in [0, 0.05) is 30.2 Å². The molecule has 1 amide bonds. The lowest BCUT2D eigenvalue weighted by atomic mass is 10.0. The van der Waals surface area contributed by atoms with Crippen molar-refractivity contribution in [1.29, 1.82) is 0 Å². The predicted molar refractivity (Wildman–Crippen MR) is 117 cm³/mol. The van der Waals surface area contributed by atoms with E-state index in [1.165, 1.54) is 17.3 Å². The van der Waals surface area contributed by atoms with E-state index >= 15 is 0 Å². The second-order valence-electron chi connectivity index (χ2n) is 7.65. The standard InChI is InChI=1S/C22H26N2O3S2/c1-17-6-8-19(9-7-17)28-16-22(25)24-14-4-5-18-15-20(10-11-21(18)24)29(26,27)23-12-2-3-13-23/h6-11,15H,2-5,12-14,16H2,1H3. The molecule has 0 spiro atoms. The summed E-state index contributed by atoms with van der Waals surface area (Å²) in [5.74, 6) is 0.433. The Balaban J connectivity index is 1.50. The van der Waals surface area contributed by atoms with E-state index in [0.717, 1.165) is 41.8 Å². The van der Waals surface area contributed by atoms with Gasteiger partial charge in [-0.1, -0.05) is 17.7 Å². The van der Waals surface area contributed by atoms with Crippen LogP contribution in [-0.4, -0.2) is 44.0 Å². The van der Waals surface area contributed by atoms with E-state index in [1.807, 2.05) is 42.2 Å². The van der Waals surface area contributed by atoms with Crippen LogP contribution in [-0.2, 0) is 21.2 Å². The van der Waals surface area contributed by atoms with Crippen LogP contribution in [0.4, 0.5) is 5.69 Å². The number of hydrogen-bond donors (Lipinski definition) is 0. The summed E-state index contributed by atoms with van der Waals surface area (Å²) in [5.41, 5.74) is 3.00. The largest absolute Gasteiger partial charge is 0.311 e. The number of benzene rings is 2. The minimum Gasteiger partial charge on any atom is -0.311 e. The Morgan fingerprint density at radius 1 is 1.00 bits per heavy atom. The molecule has 7 heteroatoms. The van der Waals surface area contributed by atoms with E-state index in [2.05, 4.69) is 0 Å². The van der Waals surface area contributed by atoms with E-state index in [0.29, 0.717) is 30.3 Å². The third kappa shape index (κ3) is 4.37. The number of fused-ring (bicyclic) bond motifs is 1. The van der Waals surface area contributed by atoms with Crippen LogP contribution in [0.15, 0.2) is 52.3 Å². The predicted octanol–water partition coefficient (Wildman–Crippen LogP) is 3.85. The average molecular weight is 431 g/mol. The zero-order valence-corrected chi connectivity index (χ0v) is 18.3. The summed E-state index contributed by atoms with van der Waals surface area (Å²) in [5, 5.41) is 0. The second kappa shape index (κ2) is 8.50. The SMILES string of the molecule is Cc1ccc(SCC(=O)N2CCCc3cc(S(=O)(=O)N4CCCC4)ccc32)cc1. The van der Waals surface area contributed by atoms with Crippen LogP contribution in [0, 0.1) is 6.92 Å². The van der Waals surface area contributed by atoms with Crippen molar-refractivity contribution in [3.8, 4) is 0 Å². The van der Waals surface area contributed by atoms with Crippen molar-refractivity contribution in [2.45, 2.75) is 42.4 Å². The van der Waals surface area contributed by atoms with Crippen LogP contribution in [0.2, 0.25) is 0 Å². The first-order valence-corrected chi connectivity index (χ1v) is 12.5. The van der Waals surface area contributed by atoms with Crippen LogP contribution >= 0.6 is 11.8 Å². The Bertz CT molecular complexity index is 997. The lowest BCUT2D eigenvalue weighted by molar-refractivity contribution is -0.116. The van der Waals surface area contributed by atoms with Crippen molar-refractivity contribution < 1.29 is 13.2 Å². The van der Waals surface area contributed by atoms with Gasteiger partial charge < -0.3 is 4.90 Å². The third-order valence-electron chi connectivity index (χ3n) is 5.56. The highest BCUT2D eigenvalue weighted by Crippen LogP contribution is 2.32. The zero-order valence-electron chi connectivity index (χ0n) is 16.6. The van der Waals surface area contributed by atoms with Crippen LogP contribution in [0.1, 0.15) is 30.4 Å². The molecule has 154 valence electrons. The third-order valence-corrected chi connectivity index (χ3v) is 8.45. The Hall–Kier alpha value is -1.83.